The van der Waals surface area contributed by atoms with Crippen molar-refractivity contribution in [2.75, 3.05) is 11.1 Å². The van der Waals surface area contributed by atoms with E-state index in [1.165, 1.54) is 6.33 Å². The van der Waals surface area contributed by atoms with E-state index in [1.54, 1.807) is 12.1 Å². The topological polar surface area (TPSA) is 101 Å². The number of hydrogen-bond donors (Lipinski definition) is 3. The Morgan fingerprint density at radius 1 is 1.14 bits per heavy atom. The Balaban J connectivity index is 1.88. The first-order valence-corrected chi connectivity index (χ1v) is 9.08. The van der Waals surface area contributed by atoms with E-state index in [2.05, 4.69) is 25.1 Å². The standard InChI is InChI=1S/C21H15ClN6O/c1-24-18-20(23)26-11-27-21(18)25-10-13-17(12-6-3-2-4-7-12)28-15-9-5-8-14(22)16(15)19(13)29/h2-9,11H,10H2,(H,28,29)(H3,23,25,26,27). The molecule has 2 aromatic carbocycles. The number of anilines is 2. The molecule has 0 bridgehead atoms. The second-order valence-corrected chi connectivity index (χ2v) is 6.66. The third-order valence-corrected chi connectivity index (χ3v) is 4.85. The fraction of sp³-hybridized carbons (Fsp3) is 0.0476. The molecule has 0 atom stereocenters. The van der Waals surface area contributed by atoms with Gasteiger partial charge in [0.2, 0.25) is 0 Å². The molecule has 142 valence electrons. The van der Waals surface area contributed by atoms with Gasteiger partial charge in [0.05, 0.1) is 28.2 Å². The van der Waals surface area contributed by atoms with Gasteiger partial charge in [0, 0.05) is 12.1 Å². The van der Waals surface area contributed by atoms with Gasteiger partial charge in [-0.2, -0.15) is 0 Å². The fourth-order valence-electron chi connectivity index (χ4n) is 3.16. The van der Waals surface area contributed by atoms with Gasteiger partial charge < -0.3 is 16.0 Å². The van der Waals surface area contributed by atoms with Gasteiger partial charge in [-0.15, -0.1) is 0 Å². The molecule has 2 heterocycles. The molecule has 7 nitrogen and oxygen atoms in total. The lowest BCUT2D eigenvalue weighted by molar-refractivity contribution is 1.07. The summed E-state index contributed by atoms with van der Waals surface area (Å²) in [4.78, 5) is 27.9. The zero-order chi connectivity index (χ0) is 20.4. The maximum Gasteiger partial charge on any atom is 0.268 e. The largest absolute Gasteiger partial charge is 0.392 e. The number of halogens is 1. The number of hydrogen-bond acceptors (Lipinski definition) is 5. The van der Waals surface area contributed by atoms with Crippen LogP contribution < -0.4 is 16.5 Å². The molecule has 8 heteroatoms. The number of H-pyrrole nitrogens is 1. The second kappa shape index (κ2) is 7.62. The molecule has 4 aromatic rings. The van der Waals surface area contributed by atoms with Gasteiger partial charge in [0.25, 0.3) is 5.69 Å². The van der Waals surface area contributed by atoms with Crippen molar-refractivity contribution in [2.24, 2.45) is 0 Å². The van der Waals surface area contributed by atoms with E-state index >= 15 is 0 Å². The lowest BCUT2D eigenvalue weighted by atomic mass is 10.0. The van der Waals surface area contributed by atoms with Crippen LogP contribution in [0, 0.1) is 6.57 Å². The normalized spacial score (nSPS) is 10.6. The molecular formula is C21H15ClN6O. The molecule has 0 aliphatic heterocycles. The molecule has 0 aliphatic rings. The Morgan fingerprint density at radius 3 is 2.69 bits per heavy atom. The quantitative estimate of drug-likeness (QED) is 0.439. The smallest absolute Gasteiger partial charge is 0.268 e. The summed E-state index contributed by atoms with van der Waals surface area (Å²) in [6.07, 6.45) is 1.27. The zero-order valence-electron chi connectivity index (χ0n) is 15.1. The minimum Gasteiger partial charge on any atom is -0.392 e. The summed E-state index contributed by atoms with van der Waals surface area (Å²) in [5.41, 5.74) is 8.33. The molecular weight excluding hydrogens is 388 g/mol. The van der Waals surface area contributed by atoms with Crippen LogP contribution in [0.1, 0.15) is 5.56 Å². The molecule has 0 spiro atoms. The number of nitrogens with one attached hydrogen (secondary N) is 2. The van der Waals surface area contributed by atoms with Gasteiger partial charge in [-0.1, -0.05) is 48.0 Å². The van der Waals surface area contributed by atoms with Crippen molar-refractivity contribution in [1.29, 1.82) is 0 Å². The number of nitrogens with two attached hydrogens (primary N) is 1. The van der Waals surface area contributed by atoms with Crippen molar-refractivity contribution in [3.05, 3.63) is 87.1 Å². The summed E-state index contributed by atoms with van der Waals surface area (Å²) in [6.45, 7) is 7.43. The van der Waals surface area contributed by atoms with Crippen molar-refractivity contribution < 1.29 is 0 Å². The lowest BCUT2D eigenvalue weighted by Crippen LogP contribution is -2.17. The summed E-state index contributed by atoms with van der Waals surface area (Å²) in [5, 5.41) is 3.84. The van der Waals surface area contributed by atoms with Crippen LogP contribution in [0.4, 0.5) is 17.3 Å². The van der Waals surface area contributed by atoms with Crippen molar-refractivity contribution >= 4 is 39.8 Å². The van der Waals surface area contributed by atoms with Crippen molar-refractivity contribution in [2.45, 2.75) is 6.54 Å². The van der Waals surface area contributed by atoms with Crippen LogP contribution >= 0.6 is 11.6 Å². The van der Waals surface area contributed by atoms with Crippen LogP contribution in [-0.4, -0.2) is 15.0 Å². The van der Waals surface area contributed by atoms with Gasteiger partial charge in [0.1, 0.15) is 18.0 Å². The molecule has 0 saturated heterocycles. The van der Waals surface area contributed by atoms with Gasteiger partial charge in [-0.05, 0) is 17.7 Å². The molecule has 0 fully saturated rings. The van der Waals surface area contributed by atoms with Crippen LogP contribution in [0.3, 0.4) is 0 Å². The minimum absolute atomic E-state index is 0.0799. The molecule has 0 aliphatic carbocycles. The van der Waals surface area contributed by atoms with E-state index in [4.69, 9.17) is 23.9 Å². The van der Waals surface area contributed by atoms with E-state index in [0.29, 0.717) is 27.2 Å². The number of fused-ring (bicyclic) bond motifs is 1. The van der Waals surface area contributed by atoms with E-state index in [0.717, 1.165) is 5.56 Å². The van der Waals surface area contributed by atoms with Gasteiger partial charge in [-0.3, -0.25) is 4.79 Å². The highest BCUT2D eigenvalue weighted by atomic mass is 35.5. The molecule has 0 saturated carbocycles. The number of aromatic nitrogens is 3. The summed E-state index contributed by atoms with van der Waals surface area (Å²) in [6, 6.07) is 14.8. The van der Waals surface area contributed by atoms with Crippen LogP contribution in [0.2, 0.25) is 5.02 Å². The predicted molar refractivity (Wildman–Crippen MR) is 115 cm³/mol. The third-order valence-electron chi connectivity index (χ3n) is 4.53. The first-order chi connectivity index (χ1) is 14.1. The summed E-state index contributed by atoms with van der Waals surface area (Å²) in [7, 11) is 0. The summed E-state index contributed by atoms with van der Waals surface area (Å²) >= 11 is 6.30. The molecule has 0 amide bonds. The van der Waals surface area contributed by atoms with E-state index in [-0.39, 0.29) is 29.3 Å². The van der Waals surface area contributed by atoms with E-state index in [9.17, 15) is 4.79 Å². The third kappa shape index (κ3) is 3.37. The Kier molecular flexibility index (Phi) is 4.85. The number of nitrogens with zero attached hydrogens (tertiary/aromatic N) is 3. The van der Waals surface area contributed by atoms with Crippen molar-refractivity contribution in [3.63, 3.8) is 0 Å². The maximum absolute atomic E-state index is 13.3. The van der Waals surface area contributed by atoms with Crippen LogP contribution in [0.25, 0.3) is 27.0 Å². The Bertz CT molecular complexity index is 1310. The van der Waals surface area contributed by atoms with Crippen LogP contribution in [-0.2, 0) is 6.54 Å². The fourth-order valence-corrected chi connectivity index (χ4v) is 3.42. The monoisotopic (exact) mass is 402 g/mol. The molecule has 2 aromatic heterocycles. The van der Waals surface area contributed by atoms with Gasteiger partial charge in [0.15, 0.2) is 5.43 Å². The lowest BCUT2D eigenvalue weighted by Gasteiger charge is -2.14. The number of nitrogen functional groups attached to an aromatic ring is 1. The molecule has 4 N–H and O–H groups in total. The first-order valence-electron chi connectivity index (χ1n) is 8.70. The highest BCUT2D eigenvalue weighted by Gasteiger charge is 2.17. The zero-order valence-corrected chi connectivity index (χ0v) is 15.9. The Labute approximate surface area is 171 Å². The summed E-state index contributed by atoms with van der Waals surface area (Å²) in [5.74, 6) is 0.349. The van der Waals surface area contributed by atoms with Crippen molar-refractivity contribution in [3.8, 4) is 11.3 Å². The number of aromatic amines is 1. The molecule has 0 unspecified atom stereocenters. The van der Waals surface area contributed by atoms with Crippen molar-refractivity contribution in [1.82, 2.24) is 15.0 Å². The van der Waals surface area contributed by atoms with Gasteiger partial charge in [-0.25, -0.2) is 14.8 Å². The summed E-state index contributed by atoms with van der Waals surface area (Å²) < 4.78 is 0. The maximum atomic E-state index is 13.3. The van der Waals surface area contributed by atoms with Crippen LogP contribution in [0.15, 0.2) is 59.7 Å². The second-order valence-electron chi connectivity index (χ2n) is 6.26. The number of rotatable bonds is 4. The molecule has 29 heavy (non-hydrogen) atoms. The highest BCUT2D eigenvalue weighted by molar-refractivity contribution is 6.35. The molecule has 4 rings (SSSR count). The Morgan fingerprint density at radius 2 is 1.93 bits per heavy atom. The first kappa shape index (κ1) is 18.5. The van der Waals surface area contributed by atoms with E-state index < -0.39 is 0 Å². The van der Waals surface area contributed by atoms with E-state index in [1.807, 2.05) is 36.4 Å². The minimum atomic E-state index is -0.193. The number of benzene rings is 2. The molecule has 0 radical (unpaired) electrons. The van der Waals surface area contributed by atoms with Crippen LogP contribution in [0.5, 0.6) is 0 Å². The van der Waals surface area contributed by atoms with Gasteiger partial charge >= 0.3 is 0 Å². The number of pyridine rings is 1. The Hall–Kier alpha value is -3.89. The predicted octanol–water partition coefficient (Wildman–Crippen LogP) is 4.38. The average Bonchev–Trinajstić information content (AvgIpc) is 2.73. The SMILES string of the molecule is [C-]#[N+]c1c(N)ncnc1NCc1c(-c2ccccc2)[nH]c2cccc(Cl)c2c1=O. The highest BCUT2D eigenvalue weighted by Crippen LogP contribution is 2.29. The average molecular weight is 403 g/mol.